The molecule has 0 aliphatic carbocycles. The number of likely N-dealkylation sites (tertiary alicyclic amines) is 1. The molecule has 0 bridgehead atoms. The highest BCUT2D eigenvalue weighted by Crippen LogP contribution is 2.31. The number of benzene rings is 1. The van der Waals surface area contributed by atoms with Gasteiger partial charge in [-0.2, -0.15) is 4.31 Å². The summed E-state index contributed by atoms with van der Waals surface area (Å²) in [5.74, 6) is -0.378. The lowest BCUT2D eigenvalue weighted by atomic mass is 10.0. The molecule has 2 saturated heterocycles. The molecule has 0 spiro atoms. The van der Waals surface area contributed by atoms with E-state index in [1.54, 1.807) is 0 Å². The number of nitrogens with zero attached hydrogens (tertiary/aromatic N) is 3. The first-order chi connectivity index (χ1) is 13.3. The normalized spacial score (nSPS) is 19.6. The summed E-state index contributed by atoms with van der Waals surface area (Å²) in [6.07, 6.45) is 3.02. The predicted octanol–water partition coefficient (Wildman–Crippen LogP) is 0.741. The number of primary amides is 1. The first-order valence-corrected chi connectivity index (χ1v) is 10.8. The highest BCUT2D eigenvalue weighted by Gasteiger charge is 2.30. The van der Waals surface area contributed by atoms with E-state index in [1.807, 2.05) is 4.90 Å². The van der Waals surface area contributed by atoms with Crippen molar-refractivity contribution in [1.29, 1.82) is 0 Å². The molecule has 1 aromatic carbocycles. The SMILES string of the molecule is NC(=O)CN1CCC(Nc2ccc(S(=O)(=O)N3CCCC3)cc2[N+](=O)[O-])CC1. The Morgan fingerprint density at radius 2 is 1.86 bits per heavy atom. The summed E-state index contributed by atoms with van der Waals surface area (Å²) in [5.41, 5.74) is 5.26. The predicted molar refractivity (Wildman–Crippen MR) is 103 cm³/mol. The van der Waals surface area contributed by atoms with Crippen LogP contribution in [0, 0.1) is 10.1 Å². The number of rotatable bonds is 7. The van der Waals surface area contributed by atoms with Gasteiger partial charge in [-0.25, -0.2) is 8.42 Å². The maximum absolute atomic E-state index is 12.7. The molecule has 0 aromatic heterocycles. The summed E-state index contributed by atoms with van der Waals surface area (Å²) in [5, 5.41) is 14.7. The van der Waals surface area contributed by atoms with Gasteiger partial charge in [0.2, 0.25) is 15.9 Å². The van der Waals surface area contributed by atoms with Gasteiger partial charge in [0.15, 0.2) is 0 Å². The van der Waals surface area contributed by atoms with Gasteiger partial charge in [0.25, 0.3) is 5.69 Å². The molecule has 0 atom stereocenters. The van der Waals surface area contributed by atoms with E-state index < -0.39 is 14.9 Å². The van der Waals surface area contributed by atoms with Crippen molar-refractivity contribution < 1.29 is 18.1 Å². The van der Waals surface area contributed by atoms with Crippen molar-refractivity contribution in [3.8, 4) is 0 Å². The Bertz CT molecular complexity index is 845. The van der Waals surface area contributed by atoms with Crippen LogP contribution in [-0.4, -0.2) is 67.2 Å². The van der Waals surface area contributed by atoms with E-state index in [0.29, 0.717) is 44.7 Å². The number of carbonyl (C=O) groups excluding carboxylic acids is 1. The third-order valence-electron chi connectivity index (χ3n) is 5.20. The average molecular weight is 411 g/mol. The van der Waals surface area contributed by atoms with Crippen LogP contribution < -0.4 is 11.1 Å². The zero-order valence-corrected chi connectivity index (χ0v) is 16.4. The third-order valence-corrected chi connectivity index (χ3v) is 7.09. The number of carbonyl (C=O) groups is 1. The zero-order chi connectivity index (χ0) is 20.3. The van der Waals surface area contributed by atoms with E-state index in [4.69, 9.17) is 5.73 Å². The Balaban J connectivity index is 1.74. The van der Waals surface area contributed by atoms with Crippen LogP contribution in [0.5, 0.6) is 0 Å². The molecule has 2 aliphatic heterocycles. The molecule has 2 aliphatic rings. The summed E-state index contributed by atoms with van der Waals surface area (Å²) < 4.78 is 26.7. The molecule has 3 rings (SSSR count). The minimum absolute atomic E-state index is 0.00358. The Morgan fingerprint density at radius 1 is 1.21 bits per heavy atom. The standard InChI is InChI=1S/C17H25N5O5S/c18-17(23)12-20-9-5-13(6-10-20)19-15-4-3-14(11-16(15)22(24)25)28(26,27)21-7-1-2-8-21/h3-4,11,13,19H,1-2,5-10,12H2,(H2,18,23). The molecule has 1 amide bonds. The van der Waals surface area contributed by atoms with E-state index in [2.05, 4.69) is 5.32 Å². The van der Waals surface area contributed by atoms with Crippen LogP contribution in [0.4, 0.5) is 11.4 Å². The molecule has 0 saturated carbocycles. The van der Waals surface area contributed by atoms with E-state index in [9.17, 15) is 23.3 Å². The largest absolute Gasteiger partial charge is 0.377 e. The molecule has 2 heterocycles. The Kier molecular flexibility index (Phi) is 6.16. The third kappa shape index (κ3) is 4.59. The van der Waals surface area contributed by atoms with Crippen molar-refractivity contribution in [3.05, 3.63) is 28.3 Å². The first-order valence-electron chi connectivity index (χ1n) is 9.33. The molecule has 0 radical (unpaired) electrons. The van der Waals surface area contributed by atoms with Crippen LogP contribution in [-0.2, 0) is 14.8 Å². The second-order valence-electron chi connectivity index (χ2n) is 7.21. The van der Waals surface area contributed by atoms with Gasteiger partial charge in [-0.3, -0.25) is 19.8 Å². The van der Waals surface area contributed by atoms with Gasteiger partial charge >= 0.3 is 0 Å². The number of nitro benzene ring substituents is 1. The van der Waals surface area contributed by atoms with Gasteiger partial charge in [-0.1, -0.05) is 0 Å². The maximum Gasteiger partial charge on any atom is 0.293 e. The highest BCUT2D eigenvalue weighted by molar-refractivity contribution is 7.89. The number of amides is 1. The number of sulfonamides is 1. The van der Waals surface area contributed by atoms with Crippen molar-refractivity contribution in [3.63, 3.8) is 0 Å². The molecule has 10 nitrogen and oxygen atoms in total. The number of piperidine rings is 1. The van der Waals surface area contributed by atoms with Gasteiger partial charge < -0.3 is 11.1 Å². The van der Waals surface area contributed by atoms with E-state index >= 15 is 0 Å². The van der Waals surface area contributed by atoms with Gasteiger partial charge in [-0.15, -0.1) is 0 Å². The lowest BCUT2D eigenvalue weighted by Gasteiger charge is -2.31. The minimum Gasteiger partial charge on any atom is -0.377 e. The molecule has 154 valence electrons. The first kappa shape index (κ1) is 20.5. The monoisotopic (exact) mass is 411 g/mol. The van der Waals surface area contributed by atoms with Crippen molar-refractivity contribution in [2.75, 3.05) is 38.0 Å². The maximum atomic E-state index is 12.7. The van der Waals surface area contributed by atoms with Crippen LogP contribution in [0.25, 0.3) is 0 Å². The van der Waals surface area contributed by atoms with Crippen LogP contribution >= 0.6 is 0 Å². The summed E-state index contributed by atoms with van der Waals surface area (Å²) in [4.78, 5) is 23.9. The van der Waals surface area contributed by atoms with Crippen LogP contribution in [0.2, 0.25) is 0 Å². The summed E-state index contributed by atoms with van der Waals surface area (Å²) in [7, 11) is -3.71. The Labute approximate surface area is 163 Å². The minimum atomic E-state index is -3.71. The van der Waals surface area contributed by atoms with Crippen molar-refractivity contribution in [2.45, 2.75) is 36.6 Å². The lowest BCUT2D eigenvalue weighted by molar-refractivity contribution is -0.384. The van der Waals surface area contributed by atoms with Gasteiger partial charge in [0, 0.05) is 38.3 Å². The van der Waals surface area contributed by atoms with Crippen molar-refractivity contribution in [2.24, 2.45) is 5.73 Å². The zero-order valence-electron chi connectivity index (χ0n) is 15.5. The second-order valence-corrected chi connectivity index (χ2v) is 9.15. The summed E-state index contributed by atoms with van der Waals surface area (Å²) in [6.45, 7) is 2.42. The van der Waals surface area contributed by atoms with Crippen molar-refractivity contribution in [1.82, 2.24) is 9.21 Å². The average Bonchev–Trinajstić information content (AvgIpc) is 3.18. The van der Waals surface area contributed by atoms with Crippen LogP contribution in [0.15, 0.2) is 23.1 Å². The van der Waals surface area contributed by atoms with Crippen molar-refractivity contribution >= 4 is 27.3 Å². The number of hydrogen-bond acceptors (Lipinski definition) is 7. The lowest BCUT2D eigenvalue weighted by Crippen LogP contribution is -2.43. The molecular weight excluding hydrogens is 386 g/mol. The summed E-state index contributed by atoms with van der Waals surface area (Å²) >= 11 is 0. The van der Waals surface area contributed by atoms with Crippen LogP contribution in [0.1, 0.15) is 25.7 Å². The molecule has 3 N–H and O–H groups in total. The molecule has 1 aromatic rings. The molecule has 11 heteroatoms. The van der Waals surface area contributed by atoms with Crippen LogP contribution in [0.3, 0.4) is 0 Å². The van der Waals surface area contributed by atoms with E-state index in [0.717, 1.165) is 18.9 Å². The fraction of sp³-hybridized carbons (Fsp3) is 0.588. The number of nitrogens with two attached hydrogens (primary N) is 1. The van der Waals surface area contributed by atoms with E-state index in [-0.39, 0.29) is 29.1 Å². The molecular formula is C17H25N5O5S. The fourth-order valence-electron chi connectivity index (χ4n) is 3.70. The Hall–Kier alpha value is -2.24. The number of nitrogens with one attached hydrogen (secondary N) is 1. The number of anilines is 1. The molecule has 28 heavy (non-hydrogen) atoms. The van der Waals surface area contributed by atoms with Gasteiger partial charge in [0.1, 0.15) is 5.69 Å². The highest BCUT2D eigenvalue weighted by atomic mass is 32.2. The summed E-state index contributed by atoms with van der Waals surface area (Å²) in [6, 6.07) is 4.03. The fourth-order valence-corrected chi connectivity index (χ4v) is 5.24. The van der Waals surface area contributed by atoms with E-state index in [1.165, 1.54) is 16.4 Å². The van der Waals surface area contributed by atoms with Gasteiger partial charge in [0.05, 0.1) is 16.4 Å². The second kappa shape index (κ2) is 8.41. The number of hydrogen-bond donors (Lipinski definition) is 2. The smallest absolute Gasteiger partial charge is 0.293 e. The molecule has 0 unspecified atom stereocenters. The Morgan fingerprint density at radius 3 is 2.43 bits per heavy atom. The van der Waals surface area contributed by atoms with Gasteiger partial charge in [-0.05, 0) is 37.8 Å². The topological polar surface area (TPSA) is 139 Å². The quantitative estimate of drug-likeness (QED) is 0.498. The number of nitro groups is 1. The molecule has 2 fully saturated rings.